The molecule has 3 aromatic carbocycles. The lowest BCUT2D eigenvalue weighted by Crippen LogP contribution is -2.04. The van der Waals surface area contributed by atoms with Crippen molar-refractivity contribution >= 4 is 23.1 Å². The normalized spacial score (nSPS) is 10.8. The minimum atomic E-state index is -0.442. The molecule has 166 valence electrons. The molecule has 0 aliphatic carbocycles. The number of aliphatic imine (C=N–C) groups is 1. The third kappa shape index (κ3) is 4.80. The van der Waals surface area contributed by atoms with Crippen molar-refractivity contribution in [2.75, 3.05) is 0 Å². The van der Waals surface area contributed by atoms with Gasteiger partial charge in [-0.2, -0.15) is 5.10 Å². The lowest BCUT2D eigenvalue weighted by Gasteiger charge is -2.10. The topological polar surface area (TPSA) is 43.1 Å². The van der Waals surface area contributed by atoms with Crippen LogP contribution >= 0.6 is 11.6 Å². The van der Waals surface area contributed by atoms with Gasteiger partial charge in [-0.3, -0.25) is 4.68 Å². The SMILES string of the molecule is Fc1cc(Cn2nccc2-c2ccnc(N=C(c3ccccc3)c3ccccc3)c2)ccc1Cl. The molecule has 0 N–H and O–H groups in total. The molecule has 5 rings (SSSR count). The van der Waals surface area contributed by atoms with E-state index >= 15 is 0 Å². The molecule has 0 fully saturated rings. The molecular formula is C28H20ClFN4. The quantitative estimate of drug-likeness (QED) is 0.254. The summed E-state index contributed by atoms with van der Waals surface area (Å²) in [6, 6.07) is 30.7. The van der Waals surface area contributed by atoms with Crippen LogP contribution in [0.2, 0.25) is 5.02 Å². The maximum absolute atomic E-state index is 13.9. The fourth-order valence-corrected chi connectivity index (χ4v) is 3.87. The third-order valence-electron chi connectivity index (χ3n) is 5.39. The van der Waals surface area contributed by atoms with Gasteiger partial charge in [-0.15, -0.1) is 0 Å². The number of pyridine rings is 1. The van der Waals surface area contributed by atoms with Gasteiger partial charge < -0.3 is 0 Å². The average molecular weight is 467 g/mol. The lowest BCUT2D eigenvalue weighted by atomic mass is 10.0. The number of aromatic nitrogens is 3. The largest absolute Gasteiger partial charge is 0.260 e. The second-order valence-electron chi connectivity index (χ2n) is 7.72. The fraction of sp³-hybridized carbons (Fsp3) is 0.0357. The van der Waals surface area contributed by atoms with Crippen molar-refractivity contribution in [2.24, 2.45) is 4.99 Å². The zero-order valence-corrected chi connectivity index (χ0v) is 18.9. The van der Waals surface area contributed by atoms with Gasteiger partial charge in [0.1, 0.15) is 5.82 Å². The lowest BCUT2D eigenvalue weighted by molar-refractivity contribution is 0.620. The van der Waals surface area contributed by atoms with E-state index in [1.165, 1.54) is 6.07 Å². The Kier molecular flexibility index (Phi) is 6.27. The monoisotopic (exact) mass is 466 g/mol. The number of nitrogens with zero attached hydrogens (tertiary/aromatic N) is 4. The van der Waals surface area contributed by atoms with Crippen molar-refractivity contribution in [1.82, 2.24) is 14.8 Å². The van der Waals surface area contributed by atoms with Crippen LogP contribution < -0.4 is 0 Å². The summed E-state index contributed by atoms with van der Waals surface area (Å²) < 4.78 is 15.7. The first-order valence-electron chi connectivity index (χ1n) is 10.8. The highest BCUT2D eigenvalue weighted by Crippen LogP contribution is 2.25. The molecule has 0 aliphatic heterocycles. The summed E-state index contributed by atoms with van der Waals surface area (Å²) in [5.41, 5.74) is 5.44. The molecule has 0 unspecified atom stereocenters. The molecule has 2 heterocycles. The maximum Gasteiger partial charge on any atom is 0.153 e. The van der Waals surface area contributed by atoms with Gasteiger partial charge in [0.25, 0.3) is 0 Å². The van der Waals surface area contributed by atoms with Crippen molar-refractivity contribution in [3.05, 3.63) is 137 Å². The van der Waals surface area contributed by atoms with Gasteiger partial charge in [-0.25, -0.2) is 14.4 Å². The molecule has 4 nitrogen and oxygen atoms in total. The number of hydrogen-bond donors (Lipinski definition) is 0. The van der Waals surface area contributed by atoms with Crippen molar-refractivity contribution in [3.8, 4) is 11.3 Å². The Bertz CT molecular complexity index is 1400. The molecule has 0 amide bonds. The molecule has 0 bridgehead atoms. The van der Waals surface area contributed by atoms with Gasteiger partial charge in [-0.05, 0) is 35.9 Å². The van der Waals surface area contributed by atoms with Crippen LogP contribution in [-0.4, -0.2) is 20.5 Å². The van der Waals surface area contributed by atoms with Crippen LogP contribution in [0.5, 0.6) is 0 Å². The number of benzene rings is 3. The van der Waals surface area contributed by atoms with E-state index in [2.05, 4.69) is 10.1 Å². The molecule has 0 aliphatic rings. The van der Waals surface area contributed by atoms with E-state index in [1.807, 2.05) is 83.5 Å². The van der Waals surface area contributed by atoms with E-state index < -0.39 is 5.82 Å². The highest BCUT2D eigenvalue weighted by atomic mass is 35.5. The molecule has 0 saturated carbocycles. The highest BCUT2D eigenvalue weighted by molar-refractivity contribution is 6.30. The summed E-state index contributed by atoms with van der Waals surface area (Å²) in [5, 5.41) is 4.54. The molecule has 0 radical (unpaired) electrons. The number of halogens is 2. The summed E-state index contributed by atoms with van der Waals surface area (Å²) in [4.78, 5) is 9.41. The van der Waals surface area contributed by atoms with Crippen LogP contribution in [0, 0.1) is 5.82 Å². The third-order valence-corrected chi connectivity index (χ3v) is 5.70. The molecule has 34 heavy (non-hydrogen) atoms. The first kappa shape index (κ1) is 21.7. The van der Waals surface area contributed by atoms with E-state index in [0.717, 1.165) is 33.7 Å². The van der Waals surface area contributed by atoms with Gasteiger partial charge in [0.05, 0.1) is 23.0 Å². The van der Waals surface area contributed by atoms with E-state index in [0.29, 0.717) is 12.4 Å². The second kappa shape index (κ2) is 9.81. The Morgan fingerprint density at radius 1 is 0.824 bits per heavy atom. The van der Waals surface area contributed by atoms with Gasteiger partial charge >= 0.3 is 0 Å². The zero-order chi connectivity index (χ0) is 23.3. The van der Waals surface area contributed by atoms with Crippen LogP contribution in [0.4, 0.5) is 10.2 Å². The second-order valence-corrected chi connectivity index (χ2v) is 8.12. The summed E-state index contributed by atoms with van der Waals surface area (Å²) >= 11 is 5.82. The van der Waals surface area contributed by atoms with Crippen LogP contribution in [0.3, 0.4) is 0 Å². The Balaban J connectivity index is 1.51. The van der Waals surface area contributed by atoms with E-state index in [4.69, 9.17) is 16.6 Å². The minimum absolute atomic E-state index is 0.105. The predicted molar refractivity (Wildman–Crippen MR) is 134 cm³/mol. The standard InChI is InChI=1S/C28H20ClFN4/c29-24-12-11-20(17-25(24)30)19-34-26(14-16-32-34)23-13-15-31-27(18-23)33-28(21-7-3-1-4-8-21)22-9-5-2-6-10-22/h1-18H,19H2. The van der Waals surface area contributed by atoms with Crippen molar-refractivity contribution < 1.29 is 4.39 Å². The molecular weight excluding hydrogens is 447 g/mol. The average Bonchev–Trinajstić information content (AvgIpc) is 3.34. The predicted octanol–water partition coefficient (Wildman–Crippen LogP) is 6.96. The minimum Gasteiger partial charge on any atom is -0.260 e. The Morgan fingerprint density at radius 2 is 1.53 bits per heavy atom. The van der Waals surface area contributed by atoms with Crippen LogP contribution in [0.1, 0.15) is 16.7 Å². The molecule has 2 aromatic heterocycles. The first-order valence-corrected chi connectivity index (χ1v) is 11.2. The van der Waals surface area contributed by atoms with E-state index in [1.54, 1.807) is 24.5 Å². The highest BCUT2D eigenvalue weighted by Gasteiger charge is 2.11. The van der Waals surface area contributed by atoms with Crippen molar-refractivity contribution in [3.63, 3.8) is 0 Å². The summed E-state index contributed by atoms with van der Waals surface area (Å²) in [5.74, 6) is 0.147. The molecule has 0 spiro atoms. The summed E-state index contributed by atoms with van der Waals surface area (Å²) in [6.45, 7) is 0.413. The molecule has 5 aromatic rings. The molecule has 0 saturated heterocycles. The molecule has 0 atom stereocenters. The van der Waals surface area contributed by atoms with Crippen LogP contribution in [-0.2, 0) is 6.54 Å². The van der Waals surface area contributed by atoms with Gasteiger partial charge in [0, 0.05) is 29.1 Å². The fourth-order valence-electron chi connectivity index (χ4n) is 3.76. The van der Waals surface area contributed by atoms with Crippen molar-refractivity contribution in [2.45, 2.75) is 6.54 Å². The van der Waals surface area contributed by atoms with Crippen LogP contribution in [0.25, 0.3) is 11.3 Å². The number of rotatable bonds is 6. The zero-order valence-electron chi connectivity index (χ0n) is 18.1. The maximum atomic E-state index is 13.9. The van der Waals surface area contributed by atoms with Crippen LogP contribution in [0.15, 0.2) is 114 Å². The first-order chi connectivity index (χ1) is 16.7. The summed E-state index contributed by atoms with van der Waals surface area (Å²) in [7, 11) is 0. The Morgan fingerprint density at radius 3 is 2.21 bits per heavy atom. The smallest absolute Gasteiger partial charge is 0.153 e. The van der Waals surface area contributed by atoms with E-state index in [-0.39, 0.29) is 5.02 Å². The van der Waals surface area contributed by atoms with Gasteiger partial charge in [0.2, 0.25) is 0 Å². The van der Waals surface area contributed by atoms with E-state index in [9.17, 15) is 4.39 Å². The summed E-state index contributed by atoms with van der Waals surface area (Å²) in [6.07, 6.45) is 3.46. The van der Waals surface area contributed by atoms with Crippen molar-refractivity contribution in [1.29, 1.82) is 0 Å². The number of hydrogen-bond acceptors (Lipinski definition) is 3. The Labute approximate surface area is 202 Å². The van der Waals surface area contributed by atoms with Gasteiger partial charge in [0.15, 0.2) is 5.82 Å². The molecule has 6 heteroatoms. The van der Waals surface area contributed by atoms with Gasteiger partial charge in [-0.1, -0.05) is 78.3 Å². The Hall–Kier alpha value is -4.09.